The number of alkyl halides is 3. The third-order valence-corrected chi connectivity index (χ3v) is 2.20. The topological polar surface area (TPSA) is 0 Å². The zero-order valence-corrected chi connectivity index (χ0v) is 9.35. The highest BCUT2D eigenvalue weighted by molar-refractivity contribution is 5.35. The van der Waals surface area contributed by atoms with Crippen LogP contribution in [0.2, 0.25) is 0 Å². The average molecular weight is 256 g/mol. The fraction of sp³-hybridized carbons (Fsp3) is 0.455. The number of benzene rings is 1. The van der Waals surface area contributed by atoms with E-state index in [-0.39, 0.29) is 6.07 Å². The first-order chi connectivity index (χ1) is 7.46. The van der Waals surface area contributed by atoms with Crippen LogP contribution in [0.15, 0.2) is 6.07 Å². The second-order valence-corrected chi connectivity index (χ2v) is 4.65. The molecule has 0 fully saturated rings. The molecule has 0 heterocycles. The van der Waals surface area contributed by atoms with E-state index in [9.17, 15) is 26.3 Å². The first-order valence-electron chi connectivity index (χ1n) is 4.71. The predicted molar refractivity (Wildman–Crippen MR) is 50.0 cm³/mol. The Hall–Kier alpha value is -1.20. The molecular formula is C11H10F6. The second-order valence-electron chi connectivity index (χ2n) is 4.65. The van der Waals surface area contributed by atoms with E-state index in [0.717, 1.165) is 0 Å². The van der Waals surface area contributed by atoms with Crippen molar-refractivity contribution in [2.24, 2.45) is 0 Å². The lowest BCUT2D eigenvalue weighted by atomic mass is 9.85. The van der Waals surface area contributed by atoms with Gasteiger partial charge in [-0.3, -0.25) is 0 Å². The lowest BCUT2D eigenvalue weighted by molar-refractivity contribution is -0.142. The Labute approximate surface area is 94.2 Å². The van der Waals surface area contributed by atoms with Crippen molar-refractivity contribution in [1.82, 2.24) is 0 Å². The molecule has 0 nitrogen and oxygen atoms in total. The van der Waals surface area contributed by atoms with Crippen LogP contribution in [0.4, 0.5) is 26.3 Å². The molecule has 0 N–H and O–H groups in total. The molecule has 0 radical (unpaired) electrons. The summed E-state index contributed by atoms with van der Waals surface area (Å²) in [5, 5.41) is 0. The molecule has 1 aromatic rings. The number of rotatable bonds is 0. The normalized spacial score (nSPS) is 13.0. The molecule has 0 saturated carbocycles. The smallest absolute Gasteiger partial charge is 0.206 e. The van der Waals surface area contributed by atoms with Gasteiger partial charge in [-0.15, -0.1) is 0 Å². The van der Waals surface area contributed by atoms with Gasteiger partial charge in [-0.2, -0.15) is 13.2 Å². The molecule has 0 aliphatic carbocycles. The fourth-order valence-corrected chi connectivity index (χ4v) is 1.54. The van der Waals surface area contributed by atoms with Crippen molar-refractivity contribution < 1.29 is 26.3 Å². The van der Waals surface area contributed by atoms with Gasteiger partial charge in [-0.05, 0) is 5.41 Å². The minimum absolute atomic E-state index is 0.0620. The van der Waals surface area contributed by atoms with Crippen LogP contribution in [0.1, 0.15) is 31.9 Å². The second kappa shape index (κ2) is 3.92. The fourth-order valence-electron chi connectivity index (χ4n) is 1.54. The maximum absolute atomic E-state index is 13.6. The molecule has 0 spiro atoms. The van der Waals surface area contributed by atoms with E-state index in [2.05, 4.69) is 0 Å². The summed E-state index contributed by atoms with van der Waals surface area (Å²) in [6.45, 7) is 4.02. The minimum atomic E-state index is -5.19. The van der Waals surface area contributed by atoms with Gasteiger partial charge in [-0.1, -0.05) is 20.8 Å². The Balaban J connectivity index is 3.67. The van der Waals surface area contributed by atoms with Crippen molar-refractivity contribution >= 4 is 0 Å². The van der Waals surface area contributed by atoms with E-state index in [1.54, 1.807) is 0 Å². The molecule has 17 heavy (non-hydrogen) atoms. The van der Waals surface area contributed by atoms with Crippen molar-refractivity contribution in [1.29, 1.82) is 0 Å². The standard InChI is InChI=1S/C11H10F6/c1-10(2,3)7-5(12)4-6(13)8(9(7)14)11(15,16)17/h4H,1-3H3. The van der Waals surface area contributed by atoms with E-state index in [1.165, 1.54) is 20.8 Å². The van der Waals surface area contributed by atoms with Gasteiger partial charge in [0, 0.05) is 11.6 Å². The van der Waals surface area contributed by atoms with Gasteiger partial charge in [0.05, 0.1) is 0 Å². The highest BCUT2D eigenvalue weighted by Gasteiger charge is 2.41. The lowest BCUT2D eigenvalue weighted by Gasteiger charge is -2.23. The Bertz CT molecular complexity index is 400. The van der Waals surface area contributed by atoms with Crippen molar-refractivity contribution in [2.45, 2.75) is 32.4 Å². The third kappa shape index (κ3) is 2.56. The molecule has 0 atom stereocenters. The van der Waals surface area contributed by atoms with Crippen LogP contribution in [0.5, 0.6) is 0 Å². The Kier molecular flexibility index (Phi) is 3.20. The van der Waals surface area contributed by atoms with E-state index >= 15 is 0 Å². The summed E-state index contributed by atoms with van der Waals surface area (Å²) in [4.78, 5) is 0. The molecule has 0 aliphatic heterocycles. The summed E-state index contributed by atoms with van der Waals surface area (Å²) in [5.74, 6) is -5.15. The van der Waals surface area contributed by atoms with Gasteiger partial charge in [0.1, 0.15) is 23.0 Å². The molecule has 96 valence electrons. The predicted octanol–water partition coefficient (Wildman–Crippen LogP) is 4.42. The summed E-state index contributed by atoms with van der Waals surface area (Å²) >= 11 is 0. The Morgan fingerprint density at radius 2 is 1.24 bits per heavy atom. The van der Waals surface area contributed by atoms with Crippen molar-refractivity contribution in [3.05, 3.63) is 34.6 Å². The third-order valence-electron chi connectivity index (χ3n) is 2.20. The Morgan fingerprint density at radius 1 is 0.824 bits per heavy atom. The molecule has 1 rings (SSSR count). The van der Waals surface area contributed by atoms with Crippen LogP contribution in [0.25, 0.3) is 0 Å². The molecule has 0 saturated heterocycles. The highest BCUT2D eigenvalue weighted by Crippen LogP contribution is 2.38. The van der Waals surface area contributed by atoms with Gasteiger partial charge in [0.25, 0.3) is 0 Å². The van der Waals surface area contributed by atoms with Gasteiger partial charge < -0.3 is 0 Å². The number of halogens is 6. The van der Waals surface area contributed by atoms with E-state index in [1.807, 2.05) is 0 Å². The zero-order chi connectivity index (χ0) is 13.6. The average Bonchev–Trinajstić information content (AvgIpc) is 1.94. The molecule has 1 aromatic carbocycles. The largest absolute Gasteiger partial charge is 0.422 e. The van der Waals surface area contributed by atoms with Crippen LogP contribution >= 0.6 is 0 Å². The minimum Gasteiger partial charge on any atom is -0.206 e. The highest BCUT2D eigenvalue weighted by atomic mass is 19.4. The van der Waals surface area contributed by atoms with Crippen molar-refractivity contribution in [3.63, 3.8) is 0 Å². The van der Waals surface area contributed by atoms with Crippen LogP contribution < -0.4 is 0 Å². The van der Waals surface area contributed by atoms with Crippen LogP contribution in [-0.4, -0.2) is 0 Å². The van der Waals surface area contributed by atoms with E-state index in [0.29, 0.717) is 0 Å². The lowest BCUT2D eigenvalue weighted by Crippen LogP contribution is -2.22. The first kappa shape index (κ1) is 13.9. The SMILES string of the molecule is CC(C)(C)c1c(F)cc(F)c(C(F)(F)F)c1F. The quantitative estimate of drug-likeness (QED) is 0.603. The summed E-state index contributed by atoms with van der Waals surface area (Å²) in [6, 6.07) is 0.0620. The molecule has 0 amide bonds. The number of hydrogen-bond donors (Lipinski definition) is 0. The van der Waals surface area contributed by atoms with Crippen LogP contribution in [0.3, 0.4) is 0 Å². The monoisotopic (exact) mass is 256 g/mol. The van der Waals surface area contributed by atoms with Gasteiger partial charge in [-0.25, -0.2) is 13.2 Å². The summed E-state index contributed by atoms with van der Waals surface area (Å²) in [6.07, 6.45) is -5.19. The van der Waals surface area contributed by atoms with E-state index in [4.69, 9.17) is 0 Å². The van der Waals surface area contributed by atoms with Crippen molar-refractivity contribution in [2.75, 3.05) is 0 Å². The van der Waals surface area contributed by atoms with Gasteiger partial charge in [0.15, 0.2) is 0 Å². The van der Waals surface area contributed by atoms with Crippen LogP contribution in [-0.2, 0) is 11.6 Å². The maximum atomic E-state index is 13.6. The van der Waals surface area contributed by atoms with Crippen LogP contribution in [0, 0.1) is 17.5 Å². The number of hydrogen-bond acceptors (Lipinski definition) is 0. The molecule has 6 heteroatoms. The summed E-state index contributed by atoms with van der Waals surface area (Å²) < 4.78 is 77.1. The first-order valence-corrected chi connectivity index (χ1v) is 4.71. The van der Waals surface area contributed by atoms with Gasteiger partial charge in [0.2, 0.25) is 0 Å². The summed E-state index contributed by atoms with van der Waals surface area (Å²) in [7, 11) is 0. The Morgan fingerprint density at radius 3 is 1.59 bits per heavy atom. The molecule has 0 aromatic heterocycles. The summed E-state index contributed by atoms with van der Waals surface area (Å²) in [5.41, 5.74) is -4.02. The zero-order valence-electron chi connectivity index (χ0n) is 9.35. The molecule has 0 unspecified atom stereocenters. The van der Waals surface area contributed by atoms with Crippen molar-refractivity contribution in [3.8, 4) is 0 Å². The maximum Gasteiger partial charge on any atom is 0.422 e. The molecule has 0 aliphatic rings. The molecule has 0 bridgehead atoms. The van der Waals surface area contributed by atoms with E-state index < -0.39 is 40.2 Å². The van der Waals surface area contributed by atoms with Gasteiger partial charge >= 0.3 is 6.18 Å². The molecular weight excluding hydrogens is 246 g/mol.